The van der Waals surface area contributed by atoms with E-state index in [1.807, 2.05) is 17.4 Å². The quantitative estimate of drug-likeness (QED) is 0.331. The molecule has 0 aromatic heterocycles. The summed E-state index contributed by atoms with van der Waals surface area (Å²) in [6.45, 7) is 2.11. The fourth-order valence-electron chi connectivity index (χ4n) is 1.17. The maximum absolute atomic E-state index is 11.1. The van der Waals surface area contributed by atoms with Crippen LogP contribution in [0, 0.1) is 11.5 Å². The minimum Gasteiger partial charge on any atom is -0.397 e. The minimum absolute atomic E-state index is 0.485. The molecule has 1 aromatic carbocycles. The molecule has 1 aromatic rings. The first-order valence-electron chi connectivity index (χ1n) is 5.15. The number of carbonyl (C=O) groups is 1. The zero-order valence-corrected chi connectivity index (χ0v) is 10.3. The third kappa shape index (κ3) is 4.25. The molecule has 0 saturated carbocycles. The van der Waals surface area contributed by atoms with Crippen LogP contribution in [0.1, 0.15) is 13.3 Å². The Bertz CT molecular complexity index is 442. The zero-order valence-electron chi connectivity index (χ0n) is 9.49. The number of nitrogens with zero attached hydrogens (tertiary/aromatic N) is 1. The van der Waals surface area contributed by atoms with E-state index >= 15 is 0 Å². The lowest BCUT2D eigenvalue weighted by Gasteiger charge is -2.08. The summed E-state index contributed by atoms with van der Waals surface area (Å²) >= 11 is 1.71. The molecule has 0 atom stereocenters. The molecule has 90 valence electrons. The van der Waals surface area contributed by atoms with Gasteiger partial charge in [0.05, 0.1) is 11.4 Å². The van der Waals surface area contributed by atoms with Gasteiger partial charge in [-0.15, -0.1) is 11.8 Å². The summed E-state index contributed by atoms with van der Waals surface area (Å²) in [5.41, 5.74) is 6.78. The highest BCUT2D eigenvalue weighted by molar-refractivity contribution is 7.99. The topological polar surface area (TPSA) is 90.9 Å². The van der Waals surface area contributed by atoms with Crippen LogP contribution >= 0.6 is 11.8 Å². The van der Waals surface area contributed by atoms with Crippen LogP contribution in [-0.2, 0) is 0 Å². The summed E-state index contributed by atoms with van der Waals surface area (Å²) in [6, 6.07) is 4.83. The monoisotopic (exact) mass is 250 g/mol. The van der Waals surface area contributed by atoms with Crippen molar-refractivity contribution < 1.29 is 4.79 Å². The van der Waals surface area contributed by atoms with Crippen LogP contribution in [0.5, 0.6) is 0 Å². The average Bonchev–Trinajstić information content (AvgIpc) is 2.30. The van der Waals surface area contributed by atoms with Crippen LogP contribution in [-0.4, -0.2) is 11.8 Å². The molecule has 1 rings (SSSR count). The molecule has 6 heteroatoms. The third-order valence-corrected chi connectivity index (χ3v) is 3.11. The van der Waals surface area contributed by atoms with Crippen LogP contribution in [0.15, 0.2) is 23.1 Å². The second-order valence-electron chi connectivity index (χ2n) is 3.29. The van der Waals surface area contributed by atoms with Crippen molar-refractivity contribution in [3.63, 3.8) is 0 Å². The van der Waals surface area contributed by atoms with Crippen LogP contribution in [0.25, 0.3) is 0 Å². The first-order valence-corrected chi connectivity index (χ1v) is 6.14. The van der Waals surface area contributed by atoms with Crippen molar-refractivity contribution in [3.8, 4) is 6.19 Å². The molecule has 0 radical (unpaired) electrons. The smallest absolute Gasteiger partial charge is 0.332 e. The number of rotatable bonds is 4. The lowest BCUT2D eigenvalue weighted by molar-refractivity contribution is 0.255. The standard InChI is InChI=1S/C11H14N4OS/c1-2-5-17-8-3-4-10(9(13)6-8)15-11(16)14-7-12/h3-4,6H,2,5,13H2,1H3,(H2,14,15,16). The Balaban J connectivity index is 2.69. The van der Waals surface area contributed by atoms with Crippen LogP contribution < -0.4 is 16.4 Å². The Morgan fingerprint density at radius 2 is 2.35 bits per heavy atom. The van der Waals surface area contributed by atoms with Crippen LogP contribution in [0.3, 0.4) is 0 Å². The lowest BCUT2D eigenvalue weighted by atomic mass is 10.3. The lowest BCUT2D eigenvalue weighted by Crippen LogP contribution is -2.24. The number of nitrogens with one attached hydrogen (secondary N) is 2. The molecule has 0 spiro atoms. The van der Waals surface area contributed by atoms with Gasteiger partial charge in [-0.2, -0.15) is 5.26 Å². The van der Waals surface area contributed by atoms with Gasteiger partial charge in [0.2, 0.25) is 0 Å². The largest absolute Gasteiger partial charge is 0.397 e. The molecular weight excluding hydrogens is 236 g/mol. The van der Waals surface area contributed by atoms with E-state index in [0.29, 0.717) is 11.4 Å². The van der Waals surface area contributed by atoms with Gasteiger partial charge in [0.1, 0.15) is 0 Å². The van der Waals surface area contributed by atoms with Crippen molar-refractivity contribution in [2.75, 3.05) is 16.8 Å². The SMILES string of the molecule is CCCSc1ccc(NC(=O)NC#N)c(N)c1. The van der Waals surface area contributed by atoms with Gasteiger partial charge in [0.15, 0.2) is 6.19 Å². The molecule has 0 aliphatic rings. The predicted molar refractivity (Wildman–Crippen MR) is 69.6 cm³/mol. The van der Waals surface area contributed by atoms with E-state index in [1.54, 1.807) is 17.8 Å². The molecule has 4 N–H and O–H groups in total. The van der Waals surface area contributed by atoms with E-state index in [2.05, 4.69) is 12.2 Å². The van der Waals surface area contributed by atoms with Gasteiger partial charge in [0, 0.05) is 4.90 Å². The van der Waals surface area contributed by atoms with Crippen molar-refractivity contribution in [1.82, 2.24) is 5.32 Å². The summed E-state index contributed by atoms with van der Waals surface area (Å²) in [5, 5.41) is 12.7. The molecule has 5 nitrogen and oxygen atoms in total. The first kappa shape index (κ1) is 13.2. The summed E-state index contributed by atoms with van der Waals surface area (Å²) in [6.07, 6.45) is 2.63. The van der Waals surface area contributed by atoms with Crippen molar-refractivity contribution in [1.29, 1.82) is 5.26 Å². The van der Waals surface area contributed by atoms with Gasteiger partial charge in [-0.3, -0.25) is 0 Å². The van der Waals surface area contributed by atoms with Crippen molar-refractivity contribution in [2.45, 2.75) is 18.2 Å². The number of hydrogen-bond acceptors (Lipinski definition) is 4. The van der Waals surface area contributed by atoms with Gasteiger partial charge in [-0.1, -0.05) is 6.92 Å². The highest BCUT2D eigenvalue weighted by atomic mass is 32.2. The molecule has 0 heterocycles. The fraction of sp³-hybridized carbons (Fsp3) is 0.273. The summed E-state index contributed by atoms with van der Waals surface area (Å²) in [7, 11) is 0. The summed E-state index contributed by atoms with van der Waals surface area (Å²) < 4.78 is 0. The molecular formula is C11H14N4OS. The van der Waals surface area contributed by atoms with Gasteiger partial charge >= 0.3 is 6.03 Å². The predicted octanol–water partition coefficient (Wildman–Crippen LogP) is 2.37. The third-order valence-electron chi connectivity index (χ3n) is 1.91. The first-order chi connectivity index (χ1) is 8.17. The Hall–Kier alpha value is -1.87. The van der Waals surface area contributed by atoms with Gasteiger partial charge in [-0.05, 0) is 30.4 Å². The number of benzene rings is 1. The van der Waals surface area contributed by atoms with Gasteiger partial charge < -0.3 is 11.1 Å². The van der Waals surface area contributed by atoms with Crippen molar-refractivity contribution >= 4 is 29.2 Å². The highest BCUT2D eigenvalue weighted by Gasteiger charge is 2.05. The fourth-order valence-corrected chi connectivity index (χ4v) is 1.98. The number of thioether (sulfide) groups is 1. The number of anilines is 2. The Morgan fingerprint density at radius 1 is 1.59 bits per heavy atom. The van der Waals surface area contributed by atoms with E-state index in [4.69, 9.17) is 11.0 Å². The van der Waals surface area contributed by atoms with Crippen LogP contribution in [0.4, 0.5) is 16.2 Å². The molecule has 0 bridgehead atoms. The number of hydrogen-bond donors (Lipinski definition) is 3. The Morgan fingerprint density at radius 3 is 2.94 bits per heavy atom. The summed E-state index contributed by atoms with van der Waals surface area (Å²) in [4.78, 5) is 12.2. The second-order valence-corrected chi connectivity index (χ2v) is 4.46. The van der Waals surface area contributed by atoms with E-state index in [-0.39, 0.29) is 0 Å². The number of amides is 2. The molecule has 2 amide bonds. The number of nitrogen functional groups attached to an aromatic ring is 1. The summed E-state index contributed by atoms with van der Waals surface area (Å²) in [5.74, 6) is 1.03. The van der Waals surface area contributed by atoms with Crippen molar-refractivity contribution in [2.24, 2.45) is 0 Å². The maximum Gasteiger partial charge on any atom is 0.332 e. The maximum atomic E-state index is 11.1. The van der Waals surface area contributed by atoms with Crippen molar-refractivity contribution in [3.05, 3.63) is 18.2 Å². The average molecular weight is 250 g/mol. The molecule has 0 unspecified atom stereocenters. The van der Waals surface area contributed by atoms with E-state index in [0.717, 1.165) is 17.1 Å². The minimum atomic E-state index is -0.590. The Labute approximate surface area is 104 Å². The van der Waals surface area contributed by atoms with E-state index < -0.39 is 6.03 Å². The zero-order chi connectivity index (χ0) is 12.7. The Kier molecular flexibility index (Phi) is 5.17. The number of carbonyl (C=O) groups excluding carboxylic acids is 1. The molecule has 0 aliphatic heterocycles. The normalized spacial score (nSPS) is 9.41. The molecule has 17 heavy (non-hydrogen) atoms. The van der Waals surface area contributed by atoms with E-state index in [1.165, 1.54) is 6.19 Å². The van der Waals surface area contributed by atoms with E-state index in [9.17, 15) is 4.79 Å². The molecule has 0 aliphatic carbocycles. The van der Waals surface area contributed by atoms with Gasteiger partial charge in [0.25, 0.3) is 0 Å². The highest BCUT2D eigenvalue weighted by Crippen LogP contribution is 2.26. The number of urea groups is 1. The van der Waals surface area contributed by atoms with Gasteiger partial charge in [-0.25, -0.2) is 10.1 Å². The molecule has 0 fully saturated rings. The second kappa shape index (κ2) is 6.66. The number of nitriles is 1. The van der Waals surface area contributed by atoms with Crippen LogP contribution in [0.2, 0.25) is 0 Å². The number of nitrogens with two attached hydrogens (primary N) is 1. The molecule has 0 saturated heterocycles.